The predicted molar refractivity (Wildman–Crippen MR) is 75.7 cm³/mol. The van der Waals surface area contributed by atoms with E-state index in [1.807, 2.05) is 6.07 Å². The van der Waals surface area contributed by atoms with Crippen LogP contribution >= 0.6 is 0 Å². The van der Waals surface area contributed by atoms with Crippen LogP contribution in [0.15, 0.2) is 18.2 Å². The van der Waals surface area contributed by atoms with Crippen molar-refractivity contribution in [1.29, 1.82) is 0 Å². The summed E-state index contributed by atoms with van der Waals surface area (Å²) in [6.45, 7) is 4.01. The number of ether oxygens (including phenoxy) is 1. The van der Waals surface area contributed by atoms with Crippen molar-refractivity contribution in [1.82, 2.24) is 0 Å². The third-order valence-electron chi connectivity index (χ3n) is 4.08. The van der Waals surface area contributed by atoms with Crippen LogP contribution in [0.4, 0.5) is 4.39 Å². The largest absolute Gasteiger partial charge is 0.490 e. The van der Waals surface area contributed by atoms with Crippen LogP contribution in [0.5, 0.6) is 5.75 Å². The maximum absolute atomic E-state index is 13.8. The number of rotatable bonds is 4. The average molecular weight is 265 g/mol. The van der Waals surface area contributed by atoms with E-state index in [0.29, 0.717) is 11.3 Å². The van der Waals surface area contributed by atoms with E-state index in [1.165, 1.54) is 25.3 Å². The first kappa shape index (κ1) is 14.3. The van der Waals surface area contributed by atoms with Gasteiger partial charge in [0.15, 0.2) is 0 Å². The van der Waals surface area contributed by atoms with Crippen LogP contribution in [-0.2, 0) is 0 Å². The highest BCUT2D eigenvalue weighted by Gasteiger charge is 2.22. The zero-order valence-electron chi connectivity index (χ0n) is 11.9. The highest BCUT2D eigenvalue weighted by molar-refractivity contribution is 5.30. The second-order valence-electron chi connectivity index (χ2n) is 5.65. The van der Waals surface area contributed by atoms with E-state index in [2.05, 4.69) is 6.92 Å². The number of hydrogen-bond acceptors (Lipinski definition) is 2. The van der Waals surface area contributed by atoms with Gasteiger partial charge in [-0.25, -0.2) is 4.39 Å². The molecule has 3 heteroatoms. The van der Waals surface area contributed by atoms with Gasteiger partial charge in [-0.3, -0.25) is 0 Å². The van der Waals surface area contributed by atoms with E-state index < -0.39 is 0 Å². The maximum atomic E-state index is 13.8. The molecule has 0 aromatic heterocycles. The van der Waals surface area contributed by atoms with E-state index in [-0.39, 0.29) is 18.0 Å². The number of nitrogens with two attached hydrogens (primary N) is 1. The minimum Gasteiger partial charge on any atom is -0.490 e. The number of halogens is 1. The molecule has 0 saturated heterocycles. The van der Waals surface area contributed by atoms with Gasteiger partial charge in [-0.1, -0.05) is 25.8 Å². The van der Waals surface area contributed by atoms with E-state index in [0.717, 1.165) is 18.8 Å². The van der Waals surface area contributed by atoms with Gasteiger partial charge in [-0.2, -0.15) is 0 Å². The first-order valence-corrected chi connectivity index (χ1v) is 7.31. The molecule has 19 heavy (non-hydrogen) atoms. The SMILES string of the molecule is CCC1CCCC(Oc2ccc(C(C)N)c(F)c2)C1. The minimum atomic E-state index is -0.284. The first-order chi connectivity index (χ1) is 9.10. The zero-order chi connectivity index (χ0) is 13.8. The van der Waals surface area contributed by atoms with Crippen molar-refractivity contribution in [3.05, 3.63) is 29.6 Å². The molecule has 1 fully saturated rings. The molecule has 3 unspecified atom stereocenters. The molecule has 106 valence electrons. The second-order valence-corrected chi connectivity index (χ2v) is 5.65. The highest BCUT2D eigenvalue weighted by atomic mass is 19.1. The summed E-state index contributed by atoms with van der Waals surface area (Å²) in [4.78, 5) is 0. The van der Waals surface area contributed by atoms with Gasteiger partial charge in [0.05, 0.1) is 6.10 Å². The molecule has 2 N–H and O–H groups in total. The van der Waals surface area contributed by atoms with Crippen LogP contribution in [0.25, 0.3) is 0 Å². The molecule has 0 heterocycles. The lowest BCUT2D eigenvalue weighted by Gasteiger charge is -2.29. The fourth-order valence-corrected chi connectivity index (χ4v) is 2.86. The van der Waals surface area contributed by atoms with Gasteiger partial charge in [0.25, 0.3) is 0 Å². The molecule has 2 rings (SSSR count). The quantitative estimate of drug-likeness (QED) is 0.885. The van der Waals surface area contributed by atoms with Crippen LogP contribution in [0.1, 0.15) is 57.6 Å². The summed E-state index contributed by atoms with van der Waals surface area (Å²) in [6.07, 6.45) is 6.12. The molecule has 1 saturated carbocycles. The minimum absolute atomic E-state index is 0.235. The van der Waals surface area contributed by atoms with Gasteiger partial charge in [0.1, 0.15) is 11.6 Å². The van der Waals surface area contributed by atoms with Crippen molar-refractivity contribution in [3.63, 3.8) is 0 Å². The third-order valence-corrected chi connectivity index (χ3v) is 4.08. The van der Waals surface area contributed by atoms with Crippen LogP contribution < -0.4 is 10.5 Å². The Labute approximate surface area is 115 Å². The lowest BCUT2D eigenvalue weighted by molar-refractivity contribution is 0.121. The molecular formula is C16H24FNO. The van der Waals surface area contributed by atoms with E-state index in [9.17, 15) is 4.39 Å². The van der Waals surface area contributed by atoms with E-state index >= 15 is 0 Å². The molecule has 0 radical (unpaired) electrons. The molecule has 1 aromatic carbocycles. The Bertz CT molecular complexity index is 419. The fraction of sp³-hybridized carbons (Fsp3) is 0.625. The van der Waals surface area contributed by atoms with E-state index in [4.69, 9.17) is 10.5 Å². The lowest BCUT2D eigenvalue weighted by Crippen LogP contribution is -2.25. The Morgan fingerprint density at radius 1 is 1.42 bits per heavy atom. The molecule has 0 amide bonds. The van der Waals surface area contributed by atoms with Crippen LogP contribution in [0.3, 0.4) is 0 Å². The second kappa shape index (κ2) is 6.38. The fourth-order valence-electron chi connectivity index (χ4n) is 2.86. The van der Waals surface area contributed by atoms with Crippen molar-refractivity contribution >= 4 is 0 Å². The zero-order valence-corrected chi connectivity index (χ0v) is 11.9. The Kier molecular flexibility index (Phi) is 4.81. The summed E-state index contributed by atoms with van der Waals surface area (Å²) >= 11 is 0. The Morgan fingerprint density at radius 2 is 2.21 bits per heavy atom. The highest BCUT2D eigenvalue weighted by Crippen LogP contribution is 2.30. The lowest BCUT2D eigenvalue weighted by atomic mass is 9.85. The standard InChI is InChI=1S/C16H24FNO/c1-3-12-5-4-6-13(9-12)19-14-7-8-15(11(2)18)16(17)10-14/h7-8,10-13H,3-6,9,18H2,1-2H3. The molecular weight excluding hydrogens is 241 g/mol. The predicted octanol–water partition coefficient (Wildman–Crippen LogP) is 4.19. The monoisotopic (exact) mass is 265 g/mol. The smallest absolute Gasteiger partial charge is 0.131 e. The molecule has 2 nitrogen and oxygen atoms in total. The Hall–Kier alpha value is -1.09. The normalized spacial score (nSPS) is 25.1. The summed E-state index contributed by atoms with van der Waals surface area (Å²) in [5.74, 6) is 1.12. The molecule has 1 aliphatic carbocycles. The molecule has 1 aromatic rings. The van der Waals surface area contributed by atoms with Crippen molar-refractivity contribution in [2.24, 2.45) is 11.7 Å². The van der Waals surface area contributed by atoms with Crippen molar-refractivity contribution in [2.75, 3.05) is 0 Å². The number of hydrogen-bond donors (Lipinski definition) is 1. The molecule has 0 aliphatic heterocycles. The number of benzene rings is 1. The van der Waals surface area contributed by atoms with Gasteiger partial charge >= 0.3 is 0 Å². The molecule has 0 bridgehead atoms. The summed E-state index contributed by atoms with van der Waals surface area (Å²) in [5, 5.41) is 0. The Balaban J connectivity index is 2.01. The van der Waals surface area contributed by atoms with Crippen molar-refractivity contribution < 1.29 is 9.13 Å². The Morgan fingerprint density at radius 3 is 2.84 bits per heavy atom. The third kappa shape index (κ3) is 3.69. The van der Waals surface area contributed by atoms with Crippen LogP contribution in [0.2, 0.25) is 0 Å². The van der Waals surface area contributed by atoms with Crippen molar-refractivity contribution in [2.45, 2.75) is 58.1 Å². The topological polar surface area (TPSA) is 35.2 Å². The maximum Gasteiger partial charge on any atom is 0.131 e. The van der Waals surface area contributed by atoms with Gasteiger partial charge in [-0.15, -0.1) is 0 Å². The van der Waals surface area contributed by atoms with Crippen LogP contribution in [0, 0.1) is 11.7 Å². The molecule has 0 spiro atoms. The summed E-state index contributed by atoms with van der Waals surface area (Å²) in [5.41, 5.74) is 6.25. The van der Waals surface area contributed by atoms with Crippen LogP contribution in [-0.4, -0.2) is 6.10 Å². The van der Waals surface area contributed by atoms with E-state index in [1.54, 1.807) is 13.0 Å². The summed E-state index contributed by atoms with van der Waals surface area (Å²) in [7, 11) is 0. The first-order valence-electron chi connectivity index (χ1n) is 7.31. The summed E-state index contributed by atoms with van der Waals surface area (Å²) in [6, 6.07) is 4.74. The van der Waals surface area contributed by atoms with Gasteiger partial charge in [0.2, 0.25) is 0 Å². The average Bonchev–Trinajstić information content (AvgIpc) is 2.38. The van der Waals surface area contributed by atoms with Gasteiger partial charge < -0.3 is 10.5 Å². The summed E-state index contributed by atoms with van der Waals surface area (Å²) < 4.78 is 19.8. The molecule has 3 atom stereocenters. The van der Waals surface area contributed by atoms with Gasteiger partial charge in [-0.05, 0) is 38.2 Å². The van der Waals surface area contributed by atoms with Gasteiger partial charge in [0, 0.05) is 17.7 Å². The molecule has 1 aliphatic rings. The van der Waals surface area contributed by atoms with Crippen molar-refractivity contribution in [3.8, 4) is 5.75 Å².